The van der Waals surface area contributed by atoms with Crippen molar-refractivity contribution in [2.45, 2.75) is 51.5 Å². The fraction of sp³-hybridized carbons (Fsp3) is 0.733. The van der Waals surface area contributed by atoms with Crippen LogP contribution in [0.4, 0.5) is 0 Å². The van der Waals surface area contributed by atoms with Gasteiger partial charge in [-0.2, -0.15) is 0 Å². The summed E-state index contributed by atoms with van der Waals surface area (Å²) in [5.41, 5.74) is 0. The van der Waals surface area contributed by atoms with Crippen LogP contribution >= 0.6 is 0 Å². The number of carboxylic acids is 1. The zero-order chi connectivity index (χ0) is 13.8. The van der Waals surface area contributed by atoms with Crippen molar-refractivity contribution in [3.63, 3.8) is 0 Å². The van der Waals surface area contributed by atoms with Gasteiger partial charge >= 0.3 is 5.97 Å². The largest absolute Gasteiger partial charge is 0.481 e. The van der Waals surface area contributed by atoms with Crippen molar-refractivity contribution in [1.82, 2.24) is 5.32 Å². The normalized spacial score (nSPS) is 34.8. The standard InChI is InChI=1S/C15H23NO3/c1-10-6-8-11(9-7-10)16-14(17)12-4-2-3-5-13(12)15(18)19/h2-3,10-13H,4-9H2,1H3,(H,16,17)(H,18,19)/t10?,11?,12-,13+/m1/s1. The Bertz CT molecular complexity index is 370. The summed E-state index contributed by atoms with van der Waals surface area (Å²) in [7, 11) is 0. The molecule has 0 saturated heterocycles. The van der Waals surface area contributed by atoms with Crippen molar-refractivity contribution in [1.29, 1.82) is 0 Å². The smallest absolute Gasteiger partial charge is 0.307 e. The van der Waals surface area contributed by atoms with Crippen LogP contribution in [0.25, 0.3) is 0 Å². The van der Waals surface area contributed by atoms with Gasteiger partial charge in [0.2, 0.25) is 5.91 Å². The fourth-order valence-corrected chi connectivity index (χ4v) is 3.09. The van der Waals surface area contributed by atoms with Crippen LogP contribution in [0.15, 0.2) is 12.2 Å². The first-order chi connectivity index (χ1) is 9.08. The Kier molecular flexibility index (Phi) is 4.61. The molecule has 2 aliphatic rings. The molecule has 2 aliphatic carbocycles. The van der Waals surface area contributed by atoms with Crippen LogP contribution in [0.2, 0.25) is 0 Å². The molecule has 0 spiro atoms. The lowest BCUT2D eigenvalue weighted by atomic mass is 9.81. The number of aliphatic carboxylic acids is 1. The van der Waals surface area contributed by atoms with Crippen molar-refractivity contribution in [2.75, 3.05) is 0 Å². The van der Waals surface area contributed by atoms with Gasteiger partial charge in [0.05, 0.1) is 11.8 Å². The van der Waals surface area contributed by atoms with Gasteiger partial charge in [0.15, 0.2) is 0 Å². The van der Waals surface area contributed by atoms with Crippen LogP contribution in [-0.2, 0) is 9.59 Å². The Balaban J connectivity index is 1.91. The van der Waals surface area contributed by atoms with Crippen LogP contribution < -0.4 is 5.32 Å². The topological polar surface area (TPSA) is 66.4 Å². The van der Waals surface area contributed by atoms with Crippen LogP contribution in [0.5, 0.6) is 0 Å². The minimum absolute atomic E-state index is 0.0729. The van der Waals surface area contributed by atoms with Crippen molar-refractivity contribution in [2.24, 2.45) is 17.8 Å². The first-order valence-corrected chi connectivity index (χ1v) is 7.26. The molecule has 2 N–H and O–H groups in total. The molecule has 2 atom stereocenters. The Hall–Kier alpha value is -1.32. The van der Waals surface area contributed by atoms with Crippen LogP contribution in [0.1, 0.15) is 45.4 Å². The lowest BCUT2D eigenvalue weighted by Crippen LogP contribution is -2.44. The number of carbonyl (C=O) groups excluding carboxylic acids is 1. The predicted octanol–water partition coefficient (Wildman–Crippen LogP) is 2.35. The van der Waals surface area contributed by atoms with E-state index in [1.807, 2.05) is 12.2 Å². The summed E-state index contributed by atoms with van der Waals surface area (Å²) in [6.45, 7) is 2.24. The molecule has 1 fully saturated rings. The van der Waals surface area contributed by atoms with Crippen LogP contribution in [-0.4, -0.2) is 23.0 Å². The molecule has 0 unspecified atom stereocenters. The average Bonchev–Trinajstić information content (AvgIpc) is 2.41. The van der Waals surface area contributed by atoms with E-state index in [2.05, 4.69) is 12.2 Å². The molecule has 4 heteroatoms. The van der Waals surface area contributed by atoms with E-state index in [1.165, 1.54) is 0 Å². The van der Waals surface area contributed by atoms with Gasteiger partial charge in [-0.25, -0.2) is 0 Å². The van der Waals surface area contributed by atoms with E-state index in [0.29, 0.717) is 12.8 Å². The number of carbonyl (C=O) groups is 2. The minimum Gasteiger partial charge on any atom is -0.481 e. The zero-order valence-corrected chi connectivity index (χ0v) is 11.5. The maximum Gasteiger partial charge on any atom is 0.307 e. The van der Waals surface area contributed by atoms with E-state index in [-0.39, 0.29) is 11.9 Å². The summed E-state index contributed by atoms with van der Waals surface area (Å²) < 4.78 is 0. The van der Waals surface area contributed by atoms with E-state index < -0.39 is 17.8 Å². The van der Waals surface area contributed by atoms with E-state index in [9.17, 15) is 14.7 Å². The molecular formula is C15H23NO3. The molecule has 0 aromatic rings. The van der Waals surface area contributed by atoms with Crippen molar-refractivity contribution in [3.05, 3.63) is 12.2 Å². The monoisotopic (exact) mass is 265 g/mol. The van der Waals surface area contributed by atoms with Gasteiger partial charge in [0.25, 0.3) is 0 Å². The highest BCUT2D eigenvalue weighted by Crippen LogP contribution is 2.28. The molecule has 0 aromatic carbocycles. The quantitative estimate of drug-likeness (QED) is 0.770. The molecule has 0 radical (unpaired) electrons. The van der Waals surface area contributed by atoms with Crippen molar-refractivity contribution < 1.29 is 14.7 Å². The molecule has 4 nitrogen and oxygen atoms in total. The summed E-state index contributed by atoms with van der Waals surface area (Å²) in [4.78, 5) is 23.4. The van der Waals surface area contributed by atoms with E-state index in [4.69, 9.17) is 0 Å². The first-order valence-electron chi connectivity index (χ1n) is 7.26. The Morgan fingerprint density at radius 2 is 1.63 bits per heavy atom. The number of allylic oxidation sites excluding steroid dienone is 2. The van der Waals surface area contributed by atoms with Crippen LogP contribution in [0.3, 0.4) is 0 Å². The predicted molar refractivity (Wildman–Crippen MR) is 72.6 cm³/mol. The molecule has 0 bridgehead atoms. The van der Waals surface area contributed by atoms with E-state index in [1.54, 1.807) is 0 Å². The van der Waals surface area contributed by atoms with E-state index >= 15 is 0 Å². The van der Waals surface area contributed by atoms with Crippen molar-refractivity contribution >= 4 is 11.9 Å². The fourth-order valence-electron chi connectivity index (χ4n) is 3.09. The molecule has 2 rings (SSSR count). The van der Waals surface area contributed by atoms with Gasteiger partial charge < -0.3 is 10.4 Å². The van der Waals surface area contributed by atoms with Gasteiger partial charge in [0, 0.05) is 6.04 Å². The summed E-state index contributed by atoms with van der Waals surface area (Å²) in [5.74, 6) is -1.15. The van der Waals surface area contributed by atoms with Gasteiger partial charge in [-0.1, -0.05) is 19.1 Å². The average molecular weight is 265 g/mol. The van der Waals surface area contributed by atoms with Crippen molar-refractivity contribution in [3.8, 4) is 0 Å². The summed E-state index contributed by atoms with van der Waals surface area (Å²) in [5, 5.41) is 12.2. The second kappa shape index (κ2) is 6.22. The summed E-state index contributed by atoms with van der Waals surface area (Å²) >= 11 is 0. The van der Waals surface area contributed by atoms with Gasteiger partial charge in [0.1, 0.15) is 0 Å². The minimum atomic E-state index is -0.859. The number of rotatable bonds is 3. The molecule has 0 aromatic heterocycles. The second-order valence-electron chi connectivity index (χ2n) is 5.96. The number of nitrogens with one attached hydrogen (secondary N) is 1. The highest BCUT2D eigenvalue weighted by Gasteiger charge is 2.35. The Labute approximate surface area is 114 Å². The lowest BCUT2D eigenvalue weighted by molar-refractivity contribution is -0.147. The SMILES string of the molecule is CC1CCC(NC(=O)[C@@H]2CC=CC[C@@H]2C(=O)O)CC1. The lowest BCUT2D eigenvalue weighted by Gasteiger charge is -2.30. The third-order valence-electron chi connectivity index (χ3n) is 4.45. The third-order valence-corrected chi connectivity index (χ3v) is 4.45. The molecular weight excluding hydrogens is 242 g/mol. The summed E-state index contributed by atoms with van der Waals surface area (Å²) in [6, 6.07) is 0.240. The number of hydrogen-bond donors (Lipinski definition) is 2. The van der Waals surface area contributed by atoms with Crippen LogP contribution in [0, 0.1) is 17.8 Å². The van der Waals surface area contributed by atoms with Gasteiger partial charge in [-0.3, -0.25) is 9.59 Å². The molecule has 19 heavy (non-hydrogen) atoms. The van der Waals surface area contributed by atoms with Gasteiger partial charge in [-0.05, 0) is 44.4 Å². The molecule has 0 aliphatic heterocycles. The molecule has 1 amide bonds. The maximum atomic E-state index is 12.3. The highest BCUT2D eigenvalue weighted by atomic mass is 16.4. The third kappa shape index (κ3) is 3.58. The maximum absolute atomic E-state index is 12.3. The van der Waals surface area contributed by atoms with Gasteiger partial charge in [-0.15, -0.1) is 0 Å². The highest BCUT2D eigenvalue weighted by molar-refractivity contribution is 5.85. The summed E-state index contributed by atoms with van der Waals surface area (Å²) in [6.07, 6.45) is 9.15. The molecule has 1 saturated carbocycles. The number of carboxylic acid groups (broad SMARTS) is 1. The number of hydrogen-bond acceptors (Lipinski definition) is 2. The van der Waals surface area contributed by atoms with E-state index in [0.717, 1.165) is 31.6 Å². The Morgan fingerprint density at radius 3 is 2.21 bits per heavy atom. The first kappa shape index (κ1) is 14.1. The number of amides is 1. The molecule has 106 valence electrons. The zero-order valence-electron chi connectivity index (χ0n) is 11.5. The Morgan fingerprint density at radius 1 is 1.05 bits per heavy atom. The second-order valence-corrected chi connectivity index (χ2v) is 5.96. The molecule has 0 heterocycles.